The number of amides is 1. The normalized spacial score (nSPS) is 12.7. The lowest BCUT2D eigenvalue weighted by atomic mass is 10.2. The van der Waals surface area contributed by atoms with Crippen LogP contribution in [0.15, 0.2) is 29.3 Å². The van der Waals surface area contributed by atoms with Crippen LogP contribution in [0.4, 0.5) is 4.79 Å². The summed E-state index contributed by atoms with van der Waals surface area (Å²) >= 11 is 22.8. The van der Waals surface area contributed by atoms with Crippen molar-refractivity contribution < 1.29 is 9.53 Å². The number of hydrogen-bond acceptors (Lipinski definition) is 2. The first-order valence-electron chi connectivity index (χ1n) is 5.21. The summed E-state index contributed by atoms with van der Waals surface area (Å²) in [6, 6.07) is 6.78. The van der Waals surface area contributed by atoms with E-state index < -0.39 is 15.5 Å². The van der Waals surface area contributed by atoms with Crippen LogP contribution >= 0.6 is 46.4 Å². The molecular weight excluding hydrogens is 332 g/mol. The van der Waals surface area contributed by atoms with Crippen molar-refractivity contribution in [2.75, 3.05) is 0 Å². The van der Waals surface area contributed by atoms with Crippen molar-refractivity contribution in [1.29, 1.82) is 0 Å². The Hall–Kier alpha value is -0.480. The maximum atomic E-state index is 11.5. The van der Waals surface area contributed by atoms with Crippen molar-refractivity contribution in [3.63, 3.8) is 0 Å². The summed E-state index contributed by atoms with van der Waals surface area (Å²) in [4.78, 5) is 15.1. The number of carbonyl (C=O) groups excluding carboxylic acids is 1. The number of rotatable bonds is 2. The Bertz CT molecular complexity index is 477. The predicted molar refractivity (Wildman–Crippen MR) is 79.9 cm³/mol. The number of aliphatic imine (C=N–C) groups is 1. The van der Waals surface area contributed by atoms with Crippen LogP contribution in [-0.2, 0) is 4.74 Å². The number of carbonyl (C=O) groups is 1. The maximum Gasteiger partial charge on any atom is 0.434 e. The van der Waals surface area contributed by atoms with E-state index in [-0.39, 0.29) is 0 Å². The number of ether oxygens (including phenoxy) is 1. The molecule has 3 nitrogen and oxygen atoms in total. The van der Waals surface area contributed by atoms with Crippen LogP contribution in [0, 0.1) is 0 Å². The number of alkyl halides is 3. The Labute approximate surface area is 131 Å². The van der Waals surface area contributed by atoms with Gasteiger partial charge in [-0.25, -0.2) is 4.79 Å². The van der Waals surface area contributed by atoms with E-state index in [0.29, 0.717) is 10.6 Å². The fraction of sp³-hybridized carbons (Fsp3) is 0.333. The molecule has 0 aliphatic heterocycles. The Balaban J connectivity index is 2.68. The van der Waals surface area contributed by atoms with E-state index in [0.717, 1.165) is 0 Å². The first-order valence-corrected chi connectivity index (χ1v) is 6.72. The van der Waals surface area contributed by atoms with Crippen LogP contribution in [-0.4, -0.2) is 21.7 Å². The fourth-order valence-electron chi connectivity index (χ4n) is 0.979. The van der Waals surface area contributed by atoms with E-state index in [1.807, 2.05) is 0 Å². The number of nitrogens with zero attached hydrogens (tertiary/aromatic N) is 1. The maximum absolute atomic E-state index is 11.5. The third-order valence-electron chi connectivity index (χ3n) is 2.21. The molecule has 0 aliphatic carbocycles. The summed E-state index contributed by atoms with van der Waals surface area (Å²) in [7, 11) is 0. The molecule has 0 saturated heterocycles. The summed E-state index contributed by atoms with van der Waals surface area (Å²) in [5.41, 5.74) is -0.584. The Morgan fingerprint density at radius 1 is 1.21 bits per heavy atom. The van der Waals surface area contributed by atoms with Gasteiger partial charge in [-0.15, -0.1) is 0 Å². The monoisotopic (exact) mass is 341 g/mol. The van der Waals surface area contributed by atoms with E-state index >= 15 is 0 Å². The van der Waals surface area contributed by atoms with Crippen molar-refractivity contribution in [3.8, 4) is 0 Å². The van der Waals surface area contributed by atoms with Gasteiger partial charge in [-0.1, -0.05) is 58.5 Å². The molecule has 0 fully saturated rings. The number of halogens is 4. The highest BCUT2D eigenvalue weighted by Gasteiger charge is 2.44. The topological polar surface area (TPSA) is 38.7 Å². The van der Waals surface area contributed by atoms with Crippen LogP contribution in [0.25, 0.3) is 0 Å². The van der Waals surface area contributed by atoms with Gasteiger partial charge in [0, 0.05) is 11.2 Å². The van der Waals surface area contributed by atoms with Crippen molar-refractivity contribution in [1.82, 2.24) is 0 Å². The molecule has 0 radical (unpaired) electrons. The van der Waals surface area contributed by atoms with Crippen LogP contribution < -0.4 is 0 Å². The lowest BCUT2D eigenvalue weighted by molar-refractivity contribution is 0.0490. The molecule has 1 aromatic rings. The van der Waals surface area contributed by atoms with Gasteiger partial charge in [0.15, 0.2) is 5.60 Å². The molecule has 0 saturated carbocycles. The van der Waals surface area contributed by atoms with Crippen LogP contribution in [0.2, 0.25) is 5.02 Å². The lowest BCUT2D eigenvalue weighted by Crippen LogP contribution is -2.40. The molecule has 0 atom stereocenters. The van der Waals surface area contributed by atoms with Crippen LogP contribution in [0.1, 0.15) is 19.4 Å². The summed E-state index contributed by atoms with van der Waals surface area (Å²) in [5, 5.41) is 0.595. The number of hydrogen-bond donors (Lipinski definition) is 0. The number of benzene rings is 1. The molecule has 0 N–H and O–H groups in total. The van der Waals surface area contributed by atoms with Gasteiger partial charge in [-0.3, -0.25) is 0 Å². The molecule has 0 unspecified atom stereocenters. The van der Waals surface area contributed by atoms with E-state index in [2.05, 4.69) is 4.99 Å². The quantitative estimate of drug-likeness (QED) is 0.557. The highest BCUT2D eigenvalue weighted by Crippen LogP contribution is 2.40. The molecule has 0 aromatic heterocycles. The van der Waals surface area contributed by atoms with Crippen LogP contribution in [0.5, 0.6) is 0 Å². The molecule has 1 aromatic carbocycles. The average Bonchev–Trinajstić information content (AvgIpc) is 2.26. The molecule has 7 heteroatoms. The second kappa shape index (κ2) is 6.31. The third kappa shape index (κ3) is 5.19. The molecule has 0 spiro atoms. The van der Waals surface area contributed by atoms with E-state index in [9.17, 15) is 4.79 Å². The Kier molecular flexibility index (Phi) is 5.51. The molecule has 104 valence electrons. The van der Waals surface area contributed by atoms with Gasteiger partial charge >= 0.3 is 6.09 Å². The third-order valence-corrected chi connectivity index (χ3v) is 3.83. The molecule has 1 amide bonds. The predicted octanol–water partition coefficient (Wildman–Crippen LogP) is 5.04. The van der Waals surface area contributed by atoms with Crippen molar-refractivity contribution in [2.24, 2.45) is 4.99 Å². The van der Waals surface area contributed by atoms with E-state index in [1.54, 1.807) is 24.3 Å². The zero-order chi connectivity index (χ0) is 14.7. The van der Waals surface area contributed by atoms with Gasteiger partial charge in [0.2, 0.25) is 3.79 Å². The van der Waals surface area contributed by atoms with Crippen LogP contribution in [0.3, 0.4) is 0 Å². The van der Waals surface area contributed by atoms with Gasteiger partial charge in [-0.05, 0) is 31.5 Å². The minimum atomic E-state index is -1.74. The molecule has 1 rings (SSSR count). The lowest BCUT2D eigenvalue weighted by Gasteiger charge is -2.30. The molecular formula is C12H11Cl4NO2. The largest absolute Gasteiger partial charge is 0.437 e. The molecule has 19 heavy (non-hydrogen) atoms. The average molecular weight is 343 g/mol. The van der Waals surface area contributed by atoms with Gasteiger partial charge in [0.1, 0.15) is 0 Å². The first-order chi connectivity index (χ1) is 8.62. The van der Waals surface area contributed by atoms with E-state index in [4.69, 9.17) is 51.1 Å². The molecule has 0 heterocycles. The first kappa shape index (κ1) is 16.6. The summed E-state index contributed by atoms with van der Waals surface area (Å²) in [5.74, 6) is 0. The van der Waals surface area contributed by atoms with Gasteiger partial charge < -0.3 is 4.74 Å². The highest BCUT2D eigenvalue weighted by molar-refractivity contribution is 6.68. The summed E-state index contributed by atoms with van der Waals surface area (Å²) < 4.78 is 3.25. The second-order valence-electron chi connectivity index (χ2n) is 4.19. The van der Waals surface area contributed by atoms with Gasteiger partial charge in [0.05, 0.1) is 0 Å². The zero-order valence-electron chi connectivity index (χ0n) is 10.2. The minimum Gasteiger partial charge on any atom is -0.437 e. The molecule has 0 bridgehead atoms. The Morgan fingerprint density at radius 2 is 1.74 bits per heavy atom. The second-order valence-corrected chi connectivity index (χ2v) is 6.90. The molecule has 0 aliphatic rings. The summed E-state index contributed by atoms with van der Waals surface area (Å²) in [6.45, 7) is 2.96. The van der Waals surface area contributed by atoms with Crippen molar-refractivity contribution in [2.45, 2.75) is 23.2 Å². The SMILES string of the molecule is CC(C)(OC(=O)/N=C/c1ccc(Cl)cc1)C(Cl)(Cl)Cl. The minimum absolute atomic E-state index is 0.595. The van der Waals surface area contributed by atoms with Gasteiger partial charge in [0.25, 0.3) is 0 Å². The standard InChI is InChI=1S/C12H11Cl4NO2/c1-11(2,12(14,15)16)19-10(18)17-7-8-3-5-9(13)6-4-8/h3-7H,1-2H3/b17-7+. The van der Waals surface area contributed by atoms with E-state index in [1.165, 1.54) is 20.1 Å². The fourth-order valence-corrected chi connectivity index (χ4v) is 1.22. The Morgan fingerprint density at radius 3 is 2.21 bits per heavy atom. The van der Waals surface area contributed by atoms with Gasteiger partial charge in [-0.2, -0.15) is 4.99 Å². The smallest absolute Gasteiger partial charge is 0.434 e. The highest BCUT2D eigenvalue weighted by atomic mass is 35.6. The van der Waals surface area contributed by atoms with Crippen molar-refractivity contribution >= 4 is 58.7 Å². The zero-order valence-corrected chi connectivity index (χ0v) is 13.2. The summed E-state index contributed by atoms with van der Waals surface area (Å²) in [6.07, 6.45) is 0.499. The van der Waals surface area contributed by atoms with Crippen molar-refractivity contribution in [3.05, 3.63) is 34.9 Å².